The highest BCUT2D eigenvalue weighted by Gasteiger charge is 2.08. The van der Waals surface area contributed by atoms with Crippen molar-refractivity contribution in [3.63, 3.8) is 0 Å². The molecule has 0 bridgehead atoms. The molecule has 2 aromatic carbocycles. The van der Waals surface area contributed by atoms with E-state index in [9.17, 15) is 4.79 Å². The van der Waals surface area contributed by atoms with Crippen LogP contribution in [0, 0.1) is 11.3 Å². The summed E-state index contributed by atoms with van der Waals surface area (Å²) in [5, 5.41) is 11.7. The van der Waals surface area contributed by atoms with Gasteiger partial charge in [-0.2, -0.15) is 5.26 Å². The molecule has 4 nitrogen and oxygen atoms in total. The topological polar surface area (TPSA) is 62.1 Å². The van der Waals surface area contributed by atoms with Crippen molar-refractivity contribution in [1.29, 1.82) is 5.26 Å². The van der Waals surface area contributed by atoms with Gasteiger partial charge in [-0.1, -0.05) is 12.1 Å². The number of carbonyl (C=O) groups is 1. The summed E-state index contributed by atoms with van der Waals surface area (Å²) in [6.45, 7) is 0.373. The standard InChI is InChI=1S/C16H13BrN2O2/c1-21-15-6-5-13(8-14(15)17)16(20)19-10-12-4-2-3-11(7-12)9-18/h2-8H,10H2,1H3,(H,19,20). The second kappa shape index (κ2) is 6.91. The molecule has 0 saturated carbocycles. The fourth-order valence-corrected chi connectivity index (χ4v) is 2.38. The lowest BCUT2D eigenvalue weighted by molar-refractivity contribution is 0.0951. The molecule has 21 heavy (non-hydrogen) atoms. The average Bonchev–Trinajstić information content (AvgIpc) is 2.52. The molecule has 0 saturated heterocycles. The quantitative estimate of drug-likeness (QED) is 0.925. The smallest absolute Gasteiger partial charge is 0.251 e. The molecule has 0 radical (unpaired) electrons. The number of methoxy groups -OCH3 is 1. The largest absolute Gasteiger partial charge is 0.496 e. The minimum Gasteiger partial charge on any atom is -0.496 e. The summed E-state index contributed by atoms with van der Waals surface area (Å²) in [6, 6.07) is 14.4. The molecule has 0 aromatic heterocycles. The second-order valence-electron chi connectivity index (χ2n) is 4.34. The van der Waals surface area contributed by atoms with Crippen molar-refractivity contribution in [1.82, 2.24) is 5.32 Å². The van der Waals surface area contributed by atoms with Crippen LogP contribution < -0.4 is 10.1 Å². The minimum atomic E-state index is -0.180. The molecule has 1 N–H and O–H groups in total. The van der Waals surface area contributed by atoms with Crippen molar-refractivity contribution in [2.45, 2.75) is 6.54 Å². The third-order valence-corrected chi connectivity index (χ3v) is 3.54. The predicted molar refractivity (Wildman–Crippen MR) is 83.0 cm³/mol. The predicted octanol–water partition coefficient (Wildman–Crippen LogP) is 3.26. The minimum absolute atomic E-state index is 0.180. The Kier molecular flexibility index (Phi) is 4.96. The van der Waals surface area contributed by atoms with E-state index < -0.39 is 0 Å². The van der Waals surface area contributed by atoms with Crippen molar-refractivity contribution in [2.24, 2.45) is 0 Å². The third kappa shape index (κ3) is 3.83. The number of halogens is 1. The van der Waals surface area contributed by atoms with E-state index in [4.69, 9.17) is 10.00 Å². The lowest BCUT2D eigenvalue weighted by atomic mass is 10.1. The molecule has 106 valence electrons. The number of hydrogen-bond donors (Lipinski definition) is 1. The molecule has 1 amide bonds. The summed E-state index contributed by atoms with van der Waals surface area (Å²) in [5.41, 5.74) is 2.00. The van der Waals surface area contributed by atoms with E-state index in [0.717, 1.165) is 10.0 Å². The van der Waals surface area contributed by atoms with Crippen LogP contribution >= 0.6 is 15.9 Å². The van der Waals surface area contributed by atoms with Gasteiger partial charge in [-0.25, -0.2) is 0 Å². The molecule has 0 aliphatic heterocycles. The summed E-state index contributed by atoms with van der Waals surface area (Å²) in [7, 11) is 1.57. The van der Waals surface area contributed by atoms with Crippen LogP contribution in [0.15, 0.2) is 46.9 Å². The zero-order valence-corrected chi connectivity index (χ0v) is 13.0. The van der Waals surface area contributed by atoms with E-state index in [1.807, 2.05) is 6.07 Å². The Hall–Kier alpha value is -2.32. The molecular weight excluding hydrogens is 332 g/mol. The monoisotopic (exact) mass is 344 g/mol. The Balaban J connectivity index is 2.04. The zero-order chi connectivity index (χ0) is 15.2. The average molecular weight is 345 g/mol. The fourth-order valence-electron chi connectivity index (χ4n) is 1.84. The maximum atomic E-state index is 12.1. The van der Waals surface area contributed by atoms with Crippen LogP contribution in [0.3, 0.4) is 0 Å². The highest BCUT2D eigenvalue weighted by atomic mass is 79.9. The number of nitriles is 1. The SMILES string of the molecule is COc1ccc(C(=O)NCc2cccc(C#N)c2)cc1Br. The molecule has 0 spiro atoms. The van der Waals surface area contributed by atoms with Gasteiger partial charge in [0.15, 0.2) is 0 Å². The fraction of sp³-hybridized carbons (Fsp3) is 0.125. The van der Waals surface area contributed by atoms with E-state index in [1.54, 1.807) is 43.5 Å². The van der Waals surface area contributed by atoms with Gasteiger partial charge >= 0.3 is 0 Å². The van der Waals surface area contributed by atoms with Gasteiger partial charge in [0, 0.05) is 12.1 Å². The van der Waals surface area contributed by atoms with E-state index in [2.05, 4.69) is 27.3 Å². The van der Waals surface area contributed by atoms with Gasteiger partial charge in [-0.3, -0.25) is 4.79 Å². The van der Waals surface area contributed by atoms with Crippen molar-refractivity contribution >= 4 is 21.8 Å². The highest BCUT2D eigenvalue weighted by Crippen LogP contribution is 2.25. The number of nitrogens with zero attached hydrogens (tertiary/aromatic N) is 1. The van der Waals surface area contributed by atoms with Crippen LogP contribution in [0.5, 0.6) is 5.75 Å². The Bertz CT molecular complexity index is 708. The number of hydrogen-bond acceptors (Lipinski definition) is 3. The summed E-state index contributed by atoms with van der Waals surface area (Å²) >= 11 is 3.35. The Morgan fingerprint density at radius 2 is 2.14 bits per heavy atom. The first kappa shape index (κ1) is 15.1. The molecule has 2 rings (SSSR count). The first-order valence-electron chi connectivity index (χ1n) is 6.25. The number of rotatable bonds is 4. The number of carbonyl (C=O) groups excluding carboxylic acids is 1. The molecule has 0 fully saturated rings. The van der Waals surface area contributed by atoms with Crippen LogP contribution in [0.25, 0.3) is 0 Å². The summed E-state index contributed by atoms with van der Waals surface area (Å²) in [5.74, 6) is 0.494. The van der Waals surface area contributed by atoms with Gasteiger partial charge in [0.1, 0.15) is 5.75 Å². The van der Waals surface area contributed by atoms with Gasteiger partial charge in [-0.15, -0.1) is 0 Å². The Morgan fingerprint density at radius 1 is 1.33 bits per heavy atom. The van der Waals surface area contributed by atoms with Gasteiger partial charge in [0.05, 0.1) is 23.2 Å². The summed E-state index contributed by atoms with van der Waals surface area (Å²) < 4.78 is 5.85. The first-order valence-corrected chi connectivity index (χ1v) is 7.04. The third-order valence-electron chi connectivity index (χ3n) is 2.92. The van der Waals surface area contributed by atoms with Crippen LogP contribution in [-0.2, 0) is 6.54 Å². The molecule has 0 heterocycles. The molecule has 5 heteroatoms. The zero-order valence-electron chi connectivity index (χ0n) is 11.4. The Morgan fingerprint density at radius 3 is 2.81 bits per heavy atom. The van der Waals surface area contributed by atoms with Crippen LogP contribution in [0.4, 0.5) is 0 Å². The van der Waals surface area contributed by atoms with E-state index in [0.29, 0.717) is 23.4 Å². The molecule has 0 unspecified atom stereocenters. The molecule has 0 aliphatic rings. The van der Waals surface area contributed by atoms with E-state index in [1.165, 1.54) is 0 Å². The van der Waals surface area contributed by atoms with Gasteiger partial charge in [0.2, 0.25) is 0 Å². The number of ether oxygens (including phenoxy) is 1. The van der Waals surface area contributed by atoms with Gasteiger partial charge in [0.25, 0.3) is 5.91 Å². The number of nitrogens with one attached hydrogen (secondary N) is 1. The van der Waals surface area contributed by atoms with Gasteiger partial charge < -0.3 is 10.1 Å². The van der Waals surface area contributed by atoms with Crippen molar-refractivity contribution in [2.75, 3.05) is 7.11 Å². The van der Waals surface area contributed by atoms with Crippen molar-refractivity contribution < 1.29 is 9.53 Å². The van der Waals surface area contributed by atoms with Crippen LogP contribution in [0.1, 0.15) is 21.5 Å². The van der Waals surface area contributed by atoms with Crippen LogP contribution in [0.2, 0.25) is 0 Å². The maximum absolute atomic E-state index is 12.1. The highest BCUT2D eigenvalue weighted by molar-refractivity contribution is 9.10. The normalized spacial score (nSPS) is 9.76. The molecular formula is C16H13BrN2O2. The van der Waals surface area contributed by atoms with Crippen molar-refractivity contribution in [3.8, 4) is 11.8 Å². The summed E-state index contributed by atoms with van der Waals surface area (Å²) in [4.78, 5) is 12.1. The second-order valence-corrected chi connectivity index (χ2v) is 5.20. The van der Waals surface area contributed by atoms with Crippen LogP contribution in [-0.4, -0.2) is 13.0 Å². The molecule has 0 atom stereocenters. The molecule has 0 aliphatic carbocycles. The van der Waals surface area contributed by atoms with E-state index in [-0.39, 0.29) is 5.91 Å². The lowest BCUT2D eigenvalue weighted by Crippen LogP contribution is -2.22. The number of amides is 1. The maximum Gasteiger partial charge on any atom is 0.251 e. The van der Waals surface area contributed by atoms with Crippen molar-refractivity contribution in [3.05, 3.63) is 63.6 Å². The molecule has 2 aromatic rings. The summed E-state index contributed by atoms with van der Waals surface area (Å²) in [6.07, 6.45) is 0. The van der Waals surface area contributed by atoms with Gasteiger partial charge in [-0.05, 0) is 51.8 Å². The Labute approximate surface area is 131 Å². The van der Waals surface area contributed by atoms with E-state index >= 15 is 0 Å². The first-order chi connectivity index (χ1) is 10.1. The lowest BCUT2D eigenvalue weighted by Gasteiger charge is -2.08. The number of benzene rings is 2.